The van der Waals surface area contributed by atoms with E-state index in [0.717, 1.165) is 0 Å². The molecule has 0 unspecified atom stereocenters. The van der Waals surface area contributed by atoms with Gasteiger partial charge in [-0.1, -0.05) is 0 Å². The molecule has 0 saturated heterocycles. The molecule has 1 radical (unpaired) electrons. The average molecular weight is 125 g/mol. The molecule has 41 valence electrons. The van der Waals surface area contributed by atoms with Crippen molar-refractivity contribution >= 4 is 18.9 Å². The van der Waals surface area contributed by atoms with Crippen molar-refractivity contribution < 1.29 is 34.4 Å². The summed E-state index contributed by atoms with van der Waals surface area (Å²) >= 11 is 0. The van der Waals surface area contributed by atoms with E-state index in [0.29, 0.717) is 0 Å². The molecular weight excluding hydrogens is 122 g/mol. The maximum atomic E-state index is 8.60. The number of halogens is 1. The van der Waals surface area contributed by atoms with Crippen molar-refractivity contribution in [1.82, 2.24) is 0 Å². The third-order valence-corrected chi connectivity index (χ3v) is 0. The van der Waals surface area contributed by atoms with E-state index in [9.17, 15) is 0 Å². The van der Waals surface area contributed by atoms with Gasteiger partial charge in [0.05, 0.1) is 14.9 Å². The van der Waals surface area contributed by atoms with Gasteiger partial charge >= 0.3 is 0 Å². The third kappa shape index (κ3) is 311. The Kier molecular flexibility index (Phi) is 10.8. The molecular formula is H3ClLiO5. The van der Waals surface area contributed by atoms with Crippen LogP contribution in [0.1, 0.15) is 0 Å². The van der Waals surface area contributed by atoms with Crippen molar-refractivity contribution in [2.45, 2.75) is 0 Å². The minimum atomic E-state index is -4.69. The molecule has 0 aliphatic carbocycles. The first kappa shape index (κ1) is 15.6. The van der Waals surface area contributed by atoms with E-state index in [1.165, 1.54) is 0 Å². The van der Waals surface area contributed by atoms with Crippen LogP contribution in [-0.2, 0) is 0 Å². The van der Waals surface area contributed by atoms with E-state index in [1.54, 1.807) is 0 Å². The summed E-state index contributed by atoms with van der Waals surface area (Å²) in [5.41, 5.74) is 0. The molecule has 5 nitrogen and oxygen atoms in total. The van der Waals surface area contributed by atoms with Crippen molar-refractivity contribution in [3.8, 4) is 0 Å². The molecule has 0 spiro atoms. The van der Waals surface area contributed by atoms with Crippen molar-refractivity contribution in [1.29, 1.82) is 0 Å². The summed E-state index contributed by atoms with van der Waals surface area (Å²) in [7, 11) is -4.69. The van der Waals surface area contributed by atoms with Crippen LogP contribution in [0.25, 0.3) is 0 Å². The first-order valence-corrected chi connectivity index (χ1v) is 1.90. The van der Waals surface area contributed by atoms with Crippen molar-refractivity contribution in [3.05, 3.63) is 0 Å². The molecule has 0 atom stereocenters. The number of hydrogen-bond acceptors (Lipinski definition) is 4. The van der Waals surface area contributed by atoms with Crippen LogP contribution in [-0.4, -0.2) is 29.0 Å². The topological polar surface area (TPSA) is 121 Å². The van der Waals surface area contributed by atoms with Crippen LogP contribution in [0.3, 0.4) is 0 Å². The number of hydrogen-bond donors (Lipinski definition) is 1. The monoisotopic (exact) mass is 125 g/mol. The summed E-state index contributed by atoms with van der Waals surface area (Å²) in [4.78, 5) is 0. The van der Waals surface area contributed by atoms with E-state index in [4.69, 9.17) is 18.6 Å². The first-order chi connectivity index (χ1) is 2.00. The predicted molar refractivity (Wildman–Crippen MR) is 11.6 cm³/mol. The Bertz CT molecular complexity index is 23.6. The predicted octanol–water partition coefficient (Wildman–Crippen LogP) is -5.33. The van der Waals surface area contributed by atoms with Crippen molar-refractivity contribution in [3.63, 3.8) is 0 Å². The summed E-state index contributed by atoms with van der Waals surface area (Å²) in [6.45, 7) is 0. The van der Waals surface area contributed by atoms with Gasteiger partial charge in [0, 0.05) is 18.9 Å². The van der Waals surface area contributed by atoms with E-state index >= 15 is 0 Å². The minimum Gasteiger partial charge on any atom is -0.412 e. The van der Waals surface area contributed by atoms with Gasteiger partial charge in [-0.15, -0.1) is 0 Å². The van der Waals surface area contributed by atoms with Gasteiger partial charge < -0.3 is 5.48 Å². The molecule has 7 heavy (non-hydrogen) atoms. The maximum Gasteiger partial charge on any atom is 0.0777 e. The van der Waals surface area contributed by atoms with Gasteiger partial charge in [-0.3, -0.25) is 0 Å². The molecule has 0 aliphatic rings. The fraction of sp³-hybridized carbons (Fsp3) is 0. The minimum absolute atomic E-state index is 0. The Morgan fingerprint density at radius 3 is 1.14 bits per heavy atom. The Morgan fingerprint density at radius 1 is 1.14 bits per heavy atom. The summed E-state index contributed by atoms with van der Waals surface area (Å²) < 4.78 is 32.7. The van der Waals surface area contributed by atoms with Crippen molar-refractivity contribution in [2.24, 2.45) is 0 Å². The molecule has 0 amide bonds. The summed E-state index contributed by atoms with van der Waals surface area (Å²) in [5, 5.41) is 0. The quantitative estimate of drug-likeness (QED) is 0.325. The van der Waals surface area contributed by atoms with Gasteiger partial charge in [0.2, 0.25) is 0 Å². The van der Waals surface area contributed by atoms with Gasteiger partial charge in [0.15, 0.2) is 0 Å². The van der Waals surface area contributed by atoms with Gasteiger partial charge in [0.1, 0.15) is 0 Å². The second-order valence-corrected chi connectivity index (χ2v) is 1.19. The zero-order valence-electron chi connectivity index (χ0n) is 3.55. The molecule has 0 bridgehead atoms. The zero-order valence-corrected chi connectivity index (χ0v) is 4.31. The van der Waals surface area contributed by atoms with Crippen LogP contribution in [0.5, 0.6) is 0 Å². The molecule has 0 fully saturated rings. The van der Waals surface area contributed by atoms with E-state index in [1.807, 2.05) is 0 Å². The molecule has 0 aromatic carbocycles. The van der Waals surface area contributed by atoms with E-state index in [-0.39, 0.29) is 24.3 Å². The molecule has 0 aromatic heterocycles. The zero-order chi connectivity index (χ0) is 4.50. The van der Waals surface area contributed by atoms with Crippen LogP contribution in [0.2, 0.25) is 0 Å². The largest absolute Gasteiger partial charge is 0.412 e. The normalized spacial score (nSPS) is 8.57. The summed E-state index contributed by atoms with van der Waals surface area (Å²) in [6.07, 6.45) is 0. The molecule has 0 rings (SSSR count). The molecule has 0 aliphatic heterocycles. The Morgan fingerprint density at radius 2 is 1.14 bits per heavy atom. The van der Waals surface area contributed by atoms with E-state index in [2.05, 4.69) is 0 Å². The average Bonchev–Trinajstić information content (AvgIpc) is 0.722. The fourth-order valence-corrected chi connectivity index (χ4v) is 0. The second kappa shape index (κ2) is 4.84. The van der Waals surface area contributed by atoms with Crippen LogP contribution < -0.4 is 14.0 Å². The van der Waals surface area contributed by atoms with Gasteiger partial charge in [-0.05, 0) is 0 Å². The molecule has 7 heteroatoms. The van der Waals surface area contributed by atoms with Crippen LogP contribution in [0.15, 0.2) is 0 Å². The number of rotatable bonds is 0. The molecule has 3 N–H and O–H groups in total. The summed E-state index contributed by atoms with van der Waals surface area (Å²) in [5.74, 6) is 0. The van der Waals surface area contributed by atoms with E-state index < -0.39 is 10.2 Å². The smallest absolute Gasteiger partial charge is 0.0777 e. The molecule has 0 aromatic rings. The second-order valence-electron chi connectivity index (χ2n) is 0.396. The fourth-order valence-electron chi connectivity index (χ4n) is 0. The Hall–Kier alpha value is 0.687. The van der Waals surface area contributed by atoms with Crippen LogP contribution in [0.4, 0.5) is 0 Å². The van der Waals surface area contributed by atoms with Crippen LogP contribution in [0, 0.1) is 10.2 Å². The molecule has 0 heterocycles. The first-order valence-electron chi connectivity index (χ1n) is 0.632. The standard InChI is InChI=1S/ClHO4.Li.H2O/c2-1(3,4)5;;/h(H,2,3,4,5);;1H2. The SMILES string of the molecule is O.[Li].[O-][Cl+3]([O-])([O-])O. The third-order valence-electron chi connectivity index (χ3n) is 0. The van der Waals surface area contributed by atoms with Gasteiger partial charge in [-0.25, -0.2) is 0 Å². The van der Waals surface area contributed by atoms with Crippen LogP contribution >= 0.6 is 0 Å². The Balaban J connectivity index is -0.0000000800. The summed E-state index contributed by atoms with van der Waals surface area (Å²) in [6, 6.07) is 0. The van der Waals surface area contributed by atoms with Gasteiger partial charge in [0.25, 0.3) is 0 Å². The Labute approximate surface area is 53.8 Å². The maximum absolute atomic E-state index is 8.60. The molecule has 0 saturated carbocycles. The van der Waals surface area contributed by atoms with Gasteiger partial charge in [-0.2, -0.15) is 14.0 Å². The van der Waals surface area contributed by atoms with Crippen molar-refractivity contribution in [2.75, 3.05) is 0 Å².